The molecule has 1 N–H and O–H groups in total. The Hall–Kier alpha value is -2.56. The molecule has 1 aromatic heterocycles. The first-order valence-electron chi connectivity index (χ1n) is 10.9. The van der Waals surface area contributed by atoms with E-state index in [9.17, 15) is 13.2 Å². The second-order valence-corrected chi connectivity index (χ2v) is 10.2. The highest BCUT2D eigenvalue weighted by atomic mass is 32.2. The highest BCUT2D eigenvalue weighted by Gasteiger charge is 2.23. The number of sulfonamides is 1. The van der Waals surface area contributed by atoms with Gasteiger partial charge in [-0.2, -0.15) is 4.31 Å². The predicted molar refractivity (Wildman–Crippen MR) is 132 cm³/mol. The number of thioether (sulfide) groups is 1. The maximum absolute atomic E-state index is 13.0. The van der Waals surface area contributed by atoms with Crippen LogP contribution in [0, 0.1) is 0 Å². The van der Waals surface area contributed by atoms with Crippen molar-refractivity contribution < 1.29 is 17.9 Å². The molecular formula is C23H30N4O4S2. The summed E-state index contributed by atoms with van der Waals surface area (Å²) < 4.78 is 34.6. The number of fused-ring (bicyclic) bond motifs is 1. The third-order valence-corrected chi connectivity index (χ3v) is 8.16. The van der Waals surface area contributed by atoms with Gasteiger partial charge in [-0.3, -0.25) is 9.36 Å². The van der Waals surface area contributed by atoms with E-state index >= 15 is 0 Å². The number of amides is 1. The molecule has 2 aromatic carbocycles. The fourth-order valence-corrected chi connectivity index (χ4v) is 5.77. The van der Waals surface area contributed by atoms with E-state index in [0.717, 1.165) is 23.4 Å². The van der Waals surface area contributed by atoms with E-state index in [0.29, 0.717) is 30.3 Å². The van der Waals surface area contributed by atoms with Crippen molar-refractivity contribution in [2.75, 3.05) is 32.5 Å². The lowest BCUT2D eigenvalue weighted by Gasteiger charge is -2.18. The van der Waals surface area contributed by atoms with E-state index in [1.807, 2.05) is 49.6 Å². The topological polar surface area (TPSA) is 93.5 Å². The summed E-state index contributed by atoms with van der Waals surface area (Å²) in [7, 11) is -2.00. The Labute approximate surface area is 199 Å². The second-order valence-electron chi connectivity index (χ2n) is 7.31. The lowest BCUT2D eigenvalue weighted by molar-refractivity contribution is -0.118. The lowest BCUT2D eigenvalue weighted by Crippen LogP contribution is -2.30. The Morgan fingerprint density at radius 1 is 1.12 bits per heavy atom. The fourth-order valence-electron chi connectivity index (χ4n) is 3.43. The van der Waals surface area contributed by atoms with Crippen LogP contribution in [0.25, 0.3) is 16.7 Å². The molecule has 10 heteroatoms. The molecule has 0 radical (unpaired) electrons. The third-order valence-electron chi connectivity index (χ3n) is 5.17. The normalized spacial score (nSPS) is 11.8. The van der Waals surface area contributed by atoms with Crippen LogP contribution >= 0.6 is 11.8 Å². The van der Waals surface area contributed by atoms with Crippen molar-refractivity contribution in [1.29, 1.82) is 0 Å². The van der Waals surface area contributed by atoms with Gasteiger partial charge in [0, 0.05) is 25.3 Å². The van der Waals surface area contributed by atoms with Crippen LogP contribution in [0.2, 0.25) is 0 Å². The molecule has 0 saturated carbocycles. The van der Waals surface area contributed by atoms with Gasteiger partial charge in [-0.1, -0.05) is 32.5 Å². The summed E-state index contributed by atoms with van der Waals surface area (Å²) in [6.07, 6.45) is 0.866. The molecule has 0 bridgehead atoms. The highest BCUT2D eigenvalue weighted by molar-refractivity contribution is 7.99. The van der Waals surface area contributed by atoms with Crippen molar-refractivity contribution in [3.05, 3.63) is 42.5 Å². The van der Waals surface area contributed by atoms with Crippen molar-refractivity contribution in [3.8, 4) is 11.4 Å². The molecule has 0 atom stereocenters. The average molecular weight is 491 g/mol. The van der Waals surface area contributed by atoms with E-state index < -0.39 is 10.0 Å². The van der Waals surface area contributed by atoms with Gasteiger partial charge in [0.15, 0.2) is 5.16 Å². The van der Waals surface area contributed by atoms with Crippen LogP contribution in [0.3, 0.4) is 0 Å². The highest BCUT2D eigenvalue weighted by Crippen LogP contribution is 2.31. The summed E-state index contributed by atoms with van der Waals surface area (Å²) in [5.74, 6) is 0.869. The monoisotopic (exact) mass is 490 g/mol. The molecule has 178 valence electrons. The summed E-state index contributed by atoms with van der Waals surface area (Å²) in [6, 6.07) is 12.5. The minimum Gasteiger partial charge on any atom is -0.497 e. The first-order chi connectivity index (χ1) is 15.8. The van der Waals surface area contributed by atoms with Gasteiger partial charge in [0.2, 0.25) is 15.9 Å². The first-order valence-corrected chi connectivity index (χ1v) is 13.3. The van der Waals surface area contributed by atoms with E-state index in [1.165, 1.54) is 16.1 Å². The zero-order valence-electron chi connectivity index (χ0n) is 19.4. The number of methoxy groups -OCH3 is 1. The molecule has 0 aliphatic rings. The van der Waals surface area contributed by atoms with Crippen molar-refractivity contribution in [3.63, 3.8) is 0 Å². The molecule has 0 aliphatic carbocycles. The van der Waals surface area contributed by atoms with Crippen molar-refractivity contribution in [2.45, 2.75) is 37.2 Å². The molecule has 1 amide bonds. The summed E-state index contributed by atoms with van der Waals surface area (Å²) >= 11 is 1.31. The number of rotatable bonds is 11. The Morgan fingerprint density at radius 3 is 2.42 bits per heavy atom. The molecule has 33 heavy (non-hydrogen) atoms. The van der Waals surface area contributed by atoms with E-state index in [4.69, 9.17) is 9.72 Å². The molecule has 1 heterocycles. The number of carbonyl (C=O) groups is 1. The number of hydrogen-bond acceptors (Lipinski definition) is 6. The van der Waals surface area contributed by atoms with E-state index in [2.05, 4.69) is 5.32 Å². The van der Waals surface area contributed by atoms with Crippen LogP contribution in [0.1, 0.15) is 27.2 Å². The zero-order valence-corrected chi connectivity index (χ0v) is 21.0. The number of hydrogen-bond donors (Lipinski definition) is 1. The van der Waals surface area contributed by atoms with Gasteiger partial charge in [0.05, 0.1) is 28.8 Å². The summed E-state index contributed by atoms with van der Waals surface area (Å²) in [5, 5.41) is 3.48. The van der Waals surface area contributed by atoms with Gasteiger partial charge < -0.3 is 10.1 Å². The maximum atomic E-state index is 13.0. The minimum atomic E-state index is -3.61. The number of benzene rings is 2. The van der Waals surface area contributed by atoms with Gasteiger partial charge in [0.25, 0.3) is 0 Å². The largest absolute Gasteiger partial charge is 0.497 e. The van der Waals surface area contributed by atoms with Gasteiger partial charge in [0.1, 0.15) is 5.75 Å². The standard InChI is InChI=1S/C23H30N4O4S2/c1-5-14-24-22(28)16-32-23-25-20-15-19(33(29,30)26(6-2)7-3)12-13-21(20)27(23)17-8-10-18(31-4)11-9-17/h8-13,15H,5-7,14,16H2,1-4H3,(H,24,28). The first kappa shape index (κ1) is 25.1. The van der Waals surface area contributed by atoms with Crippen molar-refractivity contribution in [1.82, 2.24) is 19.2 Å². The number of nitrogens with zero attached hydrogens (tertiary/aromatic N) is 3. The Bertz CT molecular complexity index is 1200. The Morgan fingerprint density at radius 2 is 1.82 bits per heavy atom. The van der Waals surface area contributed by atoms with Gasteiger partial charge in [-0.15, -0.1) is 0 Å². The zero-order chi connectivity index (χ0) is 24.0. The molecule has 8 nitrogen and oxygen atoms in total. The quantitative estimate of drug-likeness (QED) is 0.412. The van der Waals surface area contributed by atoms with Crippen LogP contribution in [-0.2, 0) is 14.8 Å². The lowest BCUT2D eigenvalue weighted by atomic mass is 10.2. The number of imidazole rings is 1. The van der Waals surface area contributed by atoms with Crippen LogP contribution < -0.4 is 10.1 Å². The van der Waals surface area contributed by atoms with Gasteiger partial charge >= 0.3 is 0 Å². The van der Waals surface area contributed by atoms with E-state index in [1.54, 1.807) is 25.3 Å². The van der Waals surface area contributed by atoms with Crippen LogP contribution in [0.15, 0.2) is 52.5 Å². The summed E-state index contributed by atoms with van der Waals surface area (Å²) in [4.78, 5) is 17.1. The van der Waals surface area contributed by atoms with Crippen LogP contribution in [-0.4, -0.2) is 60.7 Å². The van der Waals surface area contributed by atoms with Crippen LogP contribution in [0.4, 0.5) is 0 Å². The number of nitrogens with one attached hydrogen (secondary N) is 1. The van der Waals surface area contributed by atoms with Gasteiger partial charge in [-0.05, 0) is 48.9 Å². The molecule has 3 rings (SSSR count). The maximum Gasteiger partial charge on any atom is 0.243 e. The SMILES string of the molecule is CCCNC(=O)CSc1nc2cc(S(=O)(=O)N(CC)CC)ccc2n1-c1ccc(OC)cc1. The molecule has 0 saturated heterocycles. The smallest absolute Gasteiger partial charge is 0.243 e. The molecule has 0 spiro atoms. The molecule has 3 aromatic rings. The van der Waals surface area contributed by atoms with Crippen LogP contribution in [0.5, 0.6) is 5.75 Å². The van der Waals surface area contributed by atoms with Crippen molar-refractivity contribution >= 4 is 38.7 Å². The van der Waals surface area contributed by atoms with Gasteiger partial charge in [-0.25, -0.2) is 13.4 Å². The minimum absolute atomic E-state index is 0.0695. The molecule has 0 aliphatic heterocycles. The Kier molecular flexibility index (Phi) is 8.39. The summed E-state index contributed by atoms with van der Waals surface area (Å²) in [5.41, 5.74) is 2.15. The summed E-state index contributed by atoms with van der Waals surface area (Å²) in [6.45, 7) is 7.05. The van der Waals surface area contributed by atoms with E-state index in [-0.39, 0.29) is 16.6 Å². The number of ether oxygens (including phenoxy) is 1. The molecular weight excluding hydrogens is 460 g/mol. The average Bonchev–Trinajstić information content (AvgIpc) is 3.19. The number of aromatic nitrogens is 2. The second kappa shape index (κ2) is 11.0. The Balaban J connectivity index is 2.07. The molecule has 0 fully saturated rings. The fraction of sp³-hybridized carbons (Fsp3) is 0.391. The molecule has 0 unspecified atom stereocenters. The van der Waals surface area contributed by atoms with Crippen molar-refractivity contribution in [2.24, 2.45) is 0 Å². The third kappa shape index (κ3) is 5.51. The predicted octanol–water partition coefficient (Wildman–Crippen LogP) is 3.68. The number of carbonyl (C=O) groups excluding carboxylic acids is 1.